The fraction of sp³-hybridized carbons (Fsp3) is 0.400. The molecule has 2 aromatic rings. The van der Waals surface area contributed by atoms with E-state index < -0.39 is 16.0 Å². The molecule has 1 aromatic carbocycles. The molecule has 1 aliphatic rings. The van der Waals surface area contributed by atoms with E-state index in [4.69, 9.17) is 16.3 Å². The van der Waals surface area contributed by atoms with Crippen LogP contribution in [0.5, 0.6) is 0 Å². The Balaban J connectivity index is 1.48. The molecule has 0 unspecified atom stereocenters. The molecule has 156 valence electrons. The number of ketones is 1. The Morgan fingerprint density at radius 3 is 2.62 bits per heavy atom. The van der Waals surface area contributed by atoms with E-state index >= 15 is 0 Å². The minimum absolute atomic E-state index is 0.0135. The minimum atomic E-state index is -3.77. The van der Waals surface area contributed by atoms with Crippen molar-refractivity contribution in [2.24, 2.45) is 0 Å². The molecule has 1 saturated carbocycles. The summed E-state index contributed by atoms with van der Waals surface area (Å²) in [5.74, 6) is -0.916. The molecular formula is C20H23ClN2O5S. The predicted molar refractivity (Wildman–Crippen MR) is 109 cm³/mol. The Labute approximate surface area is 175 Å². The van der Waals surface area contributed by atoms with Crippen LogP contribution in [0.1, 0.15) is 47.1 Å². The largest absolute Gasteiger partial charge is 0.457 e. The van der Waals surface area contributed by atoms with Crippen molar-refractivity contribution in [3.63, 3.8) is 0 Å². The SMILES string of the molecule is Cc1cc(C(=O)COC(=O)CCNS(=O)(=O)c2cccc(Cl)c2)c(C)n1C1CC1. The lowest BCUT2D eigenvalue weighted by atomic mass is 10.1. The van der Waals surface area contributed by atoms with Crippen LogP contribution in [0.3, 0.4) is 0 Å². The number of aryl methyl sites for hydroxylation is 1. The number of rotatable bonds is 9. The molecular weight excluding hydrogens is 416 g/mol. The minimum Gasteiger partial charge on any atom is -0.457 e. The van der Waals surface area contributed by atoms with Gasteiger partial charge in [-0.2, -0.15) is 0 Å². The van der Waals surface area contributed by atoms with Crippen molar-refractivity contribution in [3.05, 3.63) is 52.3 Å². The number of ether oxygens (including phenoxy) is 1. The zero-order chi connectivity index (χ0) is 21.2. The molecule has 0 aliphatic heterocycles. The van der Waals surface area contributed by atoms with Crippen LogP contribution in [0.2, 0.25) is 5.02 Å². The normalized spacial score (nSPS) is 14.0. The molecule has 0 saturated heterocycles. The molecule has 9 heteroatoms. The lowest BCUT2D eigenvalue weighted by molar-refractivity contribution is -0.142. The van der Waals surface area contributed by atoms with E-state index in [0.717, 1.165) is 24.2 Å². The number of esters is 1. The van der Waals surface area contributed by atoms with Gasteiger partial charge in [-0.05, 0) is 51.0 Å². The summed E-state index contributed by atoms with van der Waals surface area (Å²) in [6.45, 7) is 3.35. The fourth-order valence-corrected chi connectivity index (χ4v) is 4.59. The van der Waals surface area contributed by atoms with Crippen LogP contribution in [-0.2, 0) is 19.6 Å². The number of hydrogen-bond acceptors (Lipinski definition) is 5. The third kappa shape index (κ3) is 5.26. The van der Waals surface area contributed by atoms with Gasteiger partial charge < -0.3 is 9.30 Å². The van der Waals surface area contributed by atoms with Crippen LogP contribution < -0.4 is 4.72 Å². The lowest BCUT2D eigenvalue weighted by Crippen LogP contribution is -2.27. The Morgan fingerprint density at radius 1 is 1.24 bits per heavy atom. The first-order valence-corrected chi connectivity index (χ1v) is 11.2. The summed E-state index contributed by atoms with van der Waals surface area (Å²) in [7, 11) is -3.77. The molecule has 0 spiro atoms. The van der Waals surface area contributed by atoms with Gasteiger partial charge in [0.2, 0.25) is 15.8 Å². The molecule has 3 rings (SSSR count). The van der Waals surface area contributed by atoms with Crippen molar-refractivity contribution in [1.82, 2.24) is 9.29 Å². The number of aromatic nitrogens is 1. The maximum Gasteiger partial charge on any atom is 0.307 e. The lowest BCUT2D eigenvalue weighted by Gasteiger charge is -2.08. The average Bonchev–Trinajstić information content (AvgIpc) is 3.44. The zero-order valence-corrected chi connectivity index (χ0v) is 17.8. The molecule has 1 heterocycles. The van der Waals surface area contributed by atoms with Crippen LogP contribution in [0.4, 0.5) is 0 Å². The summed E-state index contributed by atoms with van der Waals surface area (Å²) in [6, 6.07) is 8.10. The maximum atomic E-state index is 12.4. The van der Waals surface area contributed by atoms with Gasteiger partial charge >= 0.3 is 5.97 Å². The summed E-state index contributed by atoms with van der Waals surface area (Å²) in [5.41, 5.74) is 2.47. The second kappa shape index (κ2) is 8.69. The molecule has 0 bridgehead atoms. The van der Waals surface area contributed by atoms with Crippen molar-refractivity contribution >= 4 is 33.4 Å². The summed E-state index contributed by atoms with van der Waals surface area (Å²) in [6.07, 6.45) is 2.04. The standard InChI is InChI=1S/C20H23ClN2O5S/c1-13-10-18(14(2)23(13)16-6-7-16)19(24)12-28-20(25)8-9-22-29(26,27)17-5-3-4-15(21)11-17/h3-5,10-11,16,22H,6-9,12H2,1-2H3. The Morgan fingerprint density at radius 2 is 1.97 bits per heavy atom. The number of nitrogens with zero attached hydrogens (tertiary/aromatic N) is 1. The molecule has 29 heavy (non-hydrogen) atoms. The van der Waals surface area contributed by atoms with E-state index in [2.05, 4.69) is 9.29 Å². The first kappa shape index (κ1) is 21.5. The molecule has 0 radical (unpaired) electrons. The van der Waals surface area contributed by atoms with Crippen molar-refractivity contribution in [1.29, 1.82) is 0 Å². The van der Waals surface area contributed by atoms with Crippen LogP contribution >= 0.6 is 11.6 Å². The van der Waals surface area contributed by atoms with Gasteiger partial charge in [0, 0.05) is 34.6 Å². The van der Waals surface area contributed by atoms with Gasteiger partial charge in [0.1, 0.15) is 0 Å². The summed E-state index contributed by atoms with van der Waals surface area (Å²) < 4.78 is 33.8. The second-order valence-corrected chi connectivity index (χ2v) is 9.28. The topological polar surface area (TPSA) is 94.5 Å². The molecule has 0 atom stereocenters. The van der Waals surface area contributed by atoms with Gasteiger partial charge in [-0.15, -0.1) is 0 Å². The number of carbonyl (C=O) groups is 2. The van der Waals surface area contributed by atoms with Gasteiger partial charge in [-0.1, -0.05) is 17.7 Å². The number of benzene rings is 1. The van der Waals surface area contributed by atoms with Crippen molar-refractivity contribution < 1.29 is 22.7 Å². The first-order valence-electron chi connectivity index (χ1n) is 9.31. The van der Waals surface area contributed by atoms with Crippen LogP contribution in [0.25, 0.3) is 0 Å². The molecule has 1 aromatic heterocycles. The fourth-order valence-electron chi connectivity index (χ4n) is 3.25. The summed E-state index contributed by atoms with van der Waals surface area (Å²) in [5, 5.41) is 0.298. The van der Waals surface area contributed by atoms with Crippen molar-refractivity contribution in [2.75, 3.05) is 13.2 Å². The Kier molecular flexibility index (Phi) is 6.45. The first-order chi connectivity index (χ1) is 13.7. The Bertz CT molecular complexity index is 1040. The zero-order valence-electron chi connectivity index (χ0n) is 16.3. The van der Waals surface area contributed by atoms with Gasteiger partial charge in [-0.25, -0.2) is 13.1 Å². The van der Waals surface area contributed by atoms with E-state index in [0.29, 0.717) is 16.6 Å². The summed E-state index contributed by atoms with van der Waals surface area (Å²) >= 11 is 5.80. The smallest absolute Gasteiger partial charge is 0.307 e. The average molecular weight is 439 g/mol. The highest BCUT2D eigenvalue weighted by atomic mass is 35.5. The highest BCUT2D eigenvalue weighted by molar-refractivity contribution is 7.89. The molecule has 1 aliphatic carbocycles. The van der Waals surface area contributed by atoms with Gasteiger partial charge in [-0.3, -0.25) is 9.59 Å². The number of carbonyl (C=O) groups excluding carboxylic acids is 2. The maximum absolute atomic E-state index is 12.4. The van der Waals surface area contributed by atoms with Gasteiger partial charge in [0.15, 0.2) is 6.61 Å². The quantitative estimate of drug-likeness (QED) is 0.479. The number of sulfonamides is 1. The van der Waals surface area contributed by atoms with Crippen LogP contribution in [0, 0.1) is 13.8 Å². The number of hydrogen-bond donors (Lipinski definition) is 1. The number of Topliss-reactive ketones (excluding diaryl/α,β-unsaturated/α-hetero) is 1. The van der Waals surface area contributed by atoms with Crippen LogP contribution in [-0.4, -0.2) is 37.9 Å². The third-order valence-electron chi connectivity index (χ3n) is 4.79. The Hall–Kier alpha value is -2.16. The van der Waals surface area contributed by atoms with E-state index in [-0.39, 0.29) is 30.3 Å². The highest BCUT2D eigenvalue weighted by Crippen LogP contribution is 2.38. The number of nitrogens with one attached hydrogen (secondary N) is 1. The number of halogens is 1. The molecule has 7 nitrogen and oxygen atoms in total. The predicted octanol–water partition coefficient (Wildman–Crippen LogP) is 3.19. The molecule has 0 amide bonds. The second-order valence-electron chi connectivity index (χ2n) is 7.07. The molecule has 1 fully saturated rings. The third-order valence-corrected chi connectivity index (χ3v) is 6.48. The van der Waals surface area contributed by atoms with Gasteiger partial charge in [0.05, 0.1) is 11.3 Å². The summed E-state index contributed by atoms with van der Waals surface area (Å²) in [4.78, 5) is 24.3. The van der Waals surface area contributed by atoms with Crippen molar-refractivity contribution in [2.45, 2.75) is 44.0 Å². The van der Waals surface area contributed by atoms with E-state index in [1.807, 2.05) is 19.9 Å². The monoisotopic (exact) mass is 438 g/mol. The van der Waals surface area contributed by atoms with E-state index in [9.17, 15) is 18.0 Å². The van der Waals surface area contributed by atoms with E-state index in [1.165, 1.54) is 18.2 Å². The van der Waals surface area contributed by atoms with Crippen LogP contribution in [0.15, 0.2) is 35.2 Å². The van der Waals surface area contributed by atoms with Gasteiger partial charge in [0.25, 0.3) is 0 Å². The van der Waals surface area contributed by atoms with E-state index in [1.54, 1.807) is 6.07 Å². The van der Waals surface area contributed by atoms with Crippen molar-refractivity contribution in [3.8, 4) is 0 Å². The highest BCUT2D eigenvalue weighted by Gasteiger charge is 2.28. The molecule has 1 N–H and O–H groups in total.